The highest BCUT2D eigenvalue weighted by Gasteiger charge is 2.38. The van der Waals surface area contributed by atoms with E-state index >= 15 is 0 Å². The number of aromatic nitrogens is 1. The third-order valence-corrected chi connectivity index (χ3v) is 8.09. The molecule has 1 aliphatic rings. The number of carbonyl (C=O) groups excluding carboxylic acids is 1. The molecular weight excluding hydrogens is 494 g/mol. The van der Waals surface area contributed by atoms with E-state index in [1.54, 1.807) is 6.07 Å². The molecule has 1 heterocycles. The molecule has 2 atom stereocenters. The van der Waals surface area contributed by atoms with E-state index in [2.05, 4.69) is 27.5 Å². The SMILES string of the molecule is CCCC(CCNC(=O)COC(C)C)OC(CC(C)Nc1ccc(S(O)(O)C2CC2)nc1C)=NCC=N. The minimum Gasteiger partial charge on any atom is -0.478 e. The molecule has 1 fully saturated rings. The topological polar surface area (TPSA) is 149 Å². The third-order valence-electron chi connectivity index (χ3n) is 5.85. The molecule has 1 aromatic heterocycles. The fourth-order valence-electron chi connectivity index (χ4n) is 3.74. The third kappa shape index (κ3) is 11.0. The summed E-state index contributed by atoms with van der Waals surface area (Å²) < 4.78 is 32.5. The number of pyridine rings is 1. The van der Waals surface area contributed by atoms with Crippen LogP contribution in [0.5, 0.6) is 0 Å². The Hall–Kier alpha value is -2.21. The summed E-state index contributed by atoms with van der Waals surface area (Å²) >= 11 is 0. The van der Waals surface area contributed by atoms with Gasteiger partial charge in [0.25, 0.3) is 0 Å². The van der Waals surface area contributed by atoms with E-state index in [9.17, 15) is 13.9 Å². The molecule has 0 aromatic carbocycles. The van der Waals surface area contributed by atoms with Gasteiger partial charge in [0.1, 0.15) is 17.7 Å². The maximum absolute atomic E-state index is 11.9. The smallest absolute Gasteiger partial charge is 0.246 e. The standard InChI is InChI=1S/C26H45N5O5S/c1-6-7-21(12-14-28-24(32)17-35-18(2)3)36-25(29-15-13-27)16-19(4)30-23-10-11-26(31-20(23)5)37(33,34)22-8-9-22/h10-11,13,18-19,21-22,27,30,33-34H,6-9,12,14-17H2,1-5H3,(H,28,32). The summed E-state index contributed by atoms with van der Waals surface area (Å²) in [7, 11) is -2.83. The van der Waals surface area contributed by atoms with Gasteiger partial charge in [-0.15, -0.1) is 10.6 Å². The van der Waals surface area contributed by atoms with Crippen molar-refractivity contribution in [3.8, 4) is 0 Å². The number of aryl methyl sites for hydroxylation is 1. The van der Waals surface area contributed by atoms with E-state index in [1.165, 1.54) is 6.21 Å². The van der Waals surface area contributed by atoms with Gasteiger partial charge in [-0.1, -0.05) is 13.3 Å². The molecule has 5 N–H and O–H groups in total. The second-order valence-corrected chi connectivity index (χ2v) is 12.1. The molecule has 2 unspecified atom stereocenters. The van der Waals surface area contributed by atoms with Gasteiger partial charge in [0, 0.05) is 31.6 Å². The van der Waals surface area contributed by atoms with E-state index in [-0.39, 0.29) is 42.6 Å². The molecule has 10 nitrogen and oxygen atoms in total. The number of aliphatic imine (C=N–C) groups is 1. The molecule has 1 aromatic rings. The van der Waals surface area contributed by atoms with Crippen molar-refractivity contribution in [2.45, 2.75) is 102 Å². The Balaban J connectivity index is 1.95. The first-order chi connectivity index (χ1) is 17.6. The minimum atomic E-state index is -2.83. The first kappa shape index (κ1) is 31.0. The second-order valence-electron chi connectivity index (χ2n) is 9.79. The highest BCUT2D eigenvalue weighted by Crippen LogP contribution is 2.60. The Bertz CT molecular complexity index is 907. The van der Waals surface area contributed by atoms with Crippen molar-refractivity contribution >= 4 is 34.3 Å². The van der Waals surface area contributed by atoms with Gasteiger partial charge in [0.15, 0.2) is 5.90 Å². The summed E-state index contributed by atoms with van der Waals surface area (Å²) in [5.74, 6) is 0.411. The summed E-state index contributed by atoms with van der Waals surface area (Å²) in [5, 5.41) is 14.0. The fourth-order valence-corrected chi connectivity index (χ4v) is 5.42. The zero-order valence-electron chi connectivity index (χ0n) is 22.8. The lowest BCUT2D eigenvalue weighted by atomic mass is 10.1. The molecule has 1 amide bonds. The second kappa shape index (κ2) is 15.3. The van der Waals surface area contributed by atoms with Gasteiger partial charge < -0.3 is 25.5 Å². The van der Waals surface area contributed by atoms with Crippen molar-refractivity contribution in [1.29, 1.82) is 5.41 Å². The highest BCUT2D eigenvalue weighted by atomic mass is 32.3. The van der Waals surface area contributed by atoms with Crippen molar-refractivity contribution < 1.29 is 23.4 Å². The summed E-state index contributed by atoms with van der Waals surface area (Å²) in [5.41, 5.74) is 1.51. The van der Waals surface area contributed by atoms with Crippen LogP contribution < -0.4 is 10.6 Å². The van der Waals surface area contributed by atoms with Crippen LogP contribution in [-0.4, -0.2) is 75.3 Å². The van der Waals surface area contributed by atoms with Crippen LogP contribution >= 0.6 is 10.6 Å². The molecule has 37 heavy (non-hydrogen) atoms. The molecule has 0 aliphatic heterocycles. The van der Waals surface area contributed by atoms with Crippen LogP contribution in [0.15, 0.2) is 22.2 Å². The molecule has 1 saturated carbocycles. The lowest BCUT2D eigenvalue weighted by Crippen LogP contribution is -2.33. The van der Waals surface area contributed by atoms with Crippen molar-refractivity contribution in [1.82, 2.24) is 10.3 Å². The van der Waals surface area contributed by atoms with Gasteiger partial charge in [-0.25, -0.2) is 9.98 Å². The molecule has 0 spiro atoms. The van der Waals surface area contributed by atoms with Crippen LogP contribution in [0.4, 0.5) is 5.69 Å². The van der Waals surface area contributed by atoms with Gasteiger partial charge in [-0.3, -0.25) is 13.9 Å². The largest absolute Gasteiger partial charge is 0.478 e. The molecule has 0 bridgehead atoms. The van der Waals surface area contributed by atoms with E-state index in [0.717, 1.165) is 31.4 Å². The zero-order valence-corrected chi connectivity index (χ0v) is 23.6. The normalized spacial score (nSPS) is 16.3. The predicted octanol–water partition coefficient (Wildman–Crippen LogP) is 5.02. The number of anilines is 1. The average molecular weight is 540 g/mol. The van der Waals surface area contributed by atoms with Gasteiger partial charge in [-0.2, -0.15) is 0 Å². The number of rotatable bonds is 17. The highest BCUT2D eigenvalue weighted by molar-refractivity contribution is 8.25. The van der Waals surface area contributed by atoms with Crippen LogP contribution in [0.25, 0.3) is 0 Å². The molecule has 210 valence electrons. The van der Waals surface area contributed by atoms with Crippen molar-refractivity contribution in [2.75, 3.05) is 25.0 Å². The zero-order chi connectivity index (χ0) is 27.4. The molecule has 1 aliphatic carbocycles. The first-order valence-electron chi connectivity index (χ1n) is 13.1. The van der Waals surface area contributed by atoms with E-state index in [0.29, 0.717) is 36.0 Å². The molecule has 11 heteroatoms. The Labute approximate surface area is 222 Å². The molecular formula is C26H45N5O5S. The van der Waals surface area contributed by atoms with Gasteiger partial charge in [0.05, 0.1) is 29.3 Å². The maximum atomic E-state index is 11.9. The lowest BCUT2D eigenvalue weighted by Gasteiger charge is -2.31. The number of nitrogens with zero attached hydrogens (tertiary/aromatic N) is 2. The first-order valence-corrected chi connectivity index (χ1v) is 14.8. The Morgan fingerprint density at radius 2 is 2.03 bits per heavy atom. The number of amides is 1. The summed E-state index contributed by atoms with van der Waals surface area (Å²) in [6.45, 7) is 10.5. The van der Waals surface area contributed by atoms with Crippen molar-refractivity contribution in [2.24, 2.45) is 4.99 Å². The average Bonchev–Trinajstić information content (AvgIpc) is 3.69. The molecule has 0 saturated heterocycles. The number of hydrogen-bond donors (Lipinski definition) is 5. The van der Waals surface area contributed by atoms with Crippen molar-refractivity contribution in [3.05, 3.63) is 17.8 Å². The Kier molecular flexibility index (Phi) is 12.8. The van der Waals surface area contributed by atoms with Gasteiger partial charge >= 0.3 is 0 Å². The Morgan fingerprint density at radius 3 is 2.62 bits per heavy atom. The van der Waals surface area contributed by atoms with Crippen LogP contribution in [-0.2, 0) is 14.3 Å². The number of carbonyl (C=O) groups is 1. The molecule has 2 rings (SSSR count). The minimum absolute atomic E-state index is 0.00407. The van der Waals surface area contributed by atoms with Gasteiger partial charge in [0.2, 0.25) is 5.91 Å². The van der Waals surface area contributed by atoms with E-state index in [1.807, 2.05) is 33.8 Å². The Morgan fingerprint density at radius 1 is 1.30 bits per heavy atom. The quantitative estimate of drug-likeness (QED) is 0.138. The number of hydrogen-bond acceptors (Lipinski definition) is 9. The van der Waals surface area contributed by atoms with Crippen LogP contribution in [0, 0.1) is 12.3 Å². The number of ether oxygens (including phenoxy) is 2. The van der Waals surface area contributed by atoms with E-state index in [4.69, 9.17) is 14.9 Å². The summed E-state index contributed by atoms with van der Waals surface area (Å²) in [4.78, 5) is 20.9. The monoisotopic (exact) mass is 539 g/mol. The van der Waals surface area contributed by atoms with Crippen LogP contribution in [0.2, 0.25) is 0 Å². The maximum Gasteiger partial charge on any atom is 0.246 e. The predicted molar refractivity (Wildman–Crippen MR) is 150 cm³/mol. The lowest BCUT2D eigenvalue weighted by molar-refractivity contribution is -0.127. The fraction of sp³-hybridized carbons (Fsp3) is 0.692. The van der Waals surface area contributed by atoms with Gasteiger partial charge in [-0.05, 0) is 59.1 Å². The molecule has 0 radical (unpaired) electrons. The van der Waals surface area contributed by atoms with E-state index < -0.39 is 10.6 Å². The summed E-state index contributed by atoms with van der Waals surface area (Å²) in [6, 6.07) is 3.48. The van der Waals surface area contributed by atoms with Crippen LogP contribution in [0.3, 0.4) is 0 Å². The summed E-state index contributed by atoms with van der Waals surface area (Å²) in [6.07, 6.45) is 5.68. The number of nitrogens with one attached hydrogen (secondary N) is 3. The van der Waals surface area contributed by atoms with Crippen molar-refractivity contribution in [3.63, 3.8) is 0 Å². The van der Waals surface area contributed by atoms with Crippen LogP contribution in [0.1, 0.15) is 71.9 Å².